The number of amides is 3. The lowest BCUT2D eigenvalue weighted by Gasteiger charge is -2.13. The Morgan fingerprint density at radius 1 is 0.914 bits per heavy atom. The Hall–Kier alpha value is -4.11. The molecule has 4 aromatic rings. The zero-order valence-electron chi connectivity index (χ0n) is 19.1. The van der Waals surface area contributed by atoms with Gasteiger partial charge >= 0.3 is 11.8 Å². The molecule has 0 bridgehead atoms. The molecule has 3 aromatic carbocycles. The average molecular weight is 535 g/mol. The summed E-state index contributed by atoms with van der Waals surface area (Å²) in [5.41, 5.74) is 5.80. The molecule has 0 radical (unpaired) electrons. The minimum Gasteiger partial charge on any atom is -0.497 e. The van der Waals surface area contributed by atoms with Crippen molar-refractivity contribution in [3.05, 3.63) is 94.1 Å². The predicted molar refractivity (Wildman–Crippen MR) is 138 cm³/mol. The molecule has 1 heterocycles. The lowest BCUT2D eigenvalue weighted by molar-refractivity contribution is -0.136. The number of ether oxygens (including phenoxy) is 1. The molecule has 35 heavy (non-hydrogen) atoms. The van der Waals surface area contributed by atoms with Crippen LogP contribution in [-0.2, 0) is 16.1 Å². The van der Waals surface area contributed by atoms with Gasteiger partial charge in [0, 0.05) is 22.1 Å². The first-order valence-electron chi connectivity index (χ1n) is 10.7. The van der Waals surface area contributed by atoms with Gasteiger partial charge in [0.2, 0.25) is 0 Å². The number of halogens is 1. The van der Waals surface area contributed by atoms with Gasteiger partial charge in [-0.2, -0.15) is 0 Å². The zero-order chi connectivity index (χ0) is 24.9. The summed E-state index contributed by atoms with van der Waals surface area (Å²) in [6.07, 6.45) is 0. The first-order valence-corrected chi connectivity index (χ1v) is 11.5. The van der Waals surface area contributed by atoms with E-state index in [2.05, 4.69) is 32.0 Å². The van der Waals surface area contributed by atoms with Crippen LogP contribution in [0.4, 0.5) is 5.69 Å². The van der Waals surface area contributed by atoms with Gasteiger partial charge in [-0.25, -0.2) is 4.68 Å². The number of nitrogens with zero attached hydrogens (tertiary/aromatic N) is 1. The highest BCUT2D eigenvalue weighted by Crippen LogP contribution is 2.24. The fourth-order valence-corrected chi connectivity index (χ4v) is 3.84. The molecule has 0 atom stereocenters. The first kappa shape index (κ1) is 24.0. The van der Waals surface area contributed by atoms with Crippen molar-refractivity contribution in [1.82, 2.24) is 9.99 Å². The third-order valence-corrected chi connectivity index (χ3v) is 5.83. The van der Waals surface area contributed by atoms with Crippen molar-refractivity contribution in [2.45, 2.75) is 13.5 Å². The quantitative estimate of drug-likeness (QED) is 0.320. The van der Waals surface area contributed by atoms with E-state index in [-0.39, 0.29) is 12.2 Å². The van der Waals surface area contributed by atoms with E-state index in [1.165, 1.54) is 4.68 Å². The van der Waals surface area contributed by atoms with E-state index < -0.39 is 17.7 Å². The smallest absolute Gasteiger partial charge is 0.328 e. The monoisotopic (exact) mass is 534 g/mol. The maximum absolute atomic E-state index is 13.1. The third kappa shape index (κ3) is 5.70. The van der Waals surface area contributed by atoms with Crippen LogP contribution in [0.25, 0.3) is 10.9 Å². The standard InChI is InChI=1S/C26H23BrN4O4/c1-16-3-5-17(6-4-16)15-28-25(33)26(34)30-31-22-12-7-19(27)13-18(22)14-23(31)24(32)29-20-8-10-21(35-2)11-9-20/h3-14H,15H2,1-2H3,(H,28,33)(H,29,32)(H,30,34). The summed E-state index contributed by atoms with van der Waals surface area (Å²) < 4.78 is 7.27. The molecule has 0 saturated carbocycles. The number of aromatic nitrogens is 1. The van der Waals surface area contributed by atoms with Crippen LogP contribution in [0.2, 0.25) is 0 Å². The van der Waals surface area contributed by atoms with Gasteiger partial charge in [-0.3, -0.25) is 19.8 Å². The van der Waals surface area contributed by atoms with Crippen LogP contribution in [0.5, 0.6) is 5.75 Å². The van der Waals surface area contributed by atoms with Gasteiger partial charge in [0.15, 0.2) is 0 Å². The van der Waals surface area contributed by atoms with Crippen LogP contribution in [-0.4, -0.2) is 29.5 Å². The van der Waals surface area contributed by atoms with Crippen LogP contribution in [0, 0.1) is 6.92 Å². The molecule has 0 aliphatic rings. The molecule has 8 nitrogen and oxygen atoms in total. The topological polar surface area (TPSA) is 101 Å². The number of carbonyl (C=O) groups excluding carboxylic acids is 3. The van der Waals surface area contributed by atoms with Crippen LogP contribution in [0.1, 0.15) is 21.6 Å². The molecular weight excluding hydrogens is 512 g/mol. The number of aryl methyl sites for hydroxylation is 1. The van der Waals surface area contributed by atoms with Crippen LogP contribution in [0.3, 0.4) is 0 Å². The van der Waals surface area contributed by atoms with Gasteiger partial charge in [0.05, 0.1) is 12.6 Å². The van der Waals surface area contributed by atoms with Gasteiger partial charge in [-0.15, -0.1) is 0 Å². The minimum absolute atomic E-state index is 0.161. The van der Waals surface area contributed by atoms with Crippen LogP contribution in [0.15, 0.2) is 77.3 Å². The zero-order valence-corrected chi connectivity index (χ0v) is 20.7. The number of carbonyl (C=O) groups is 3. The summed E-state index contributed by atoms with van der Waals surface area (Å²) in [5.74, 6) is -1.50. The Labute approximate surface area is 210 Å². The second kappa shape index (κ2) is 10.4. The molecule has 0 aliphatic heterocycles. The van der Waals surface area contributed by atoms with Gasteiger partial charge in [-0.1, -0.05) is 45.8 Å². The molecule has 0 aliphatic carbocycles. The molecule has 3 amide bonds. The van der Waals surface area contributed by atoms with E-state index in [9.17, 15) is 14.4 Å². The second-order valence-electron chi connectivity index (χ2n) is 7.86. The summed E-state index contributed by atoms with van der Waals surface area (Å²) in [6.45, 7) is 2.18. The summed E-state index contributed by atoms with van der Waals surface area (Å²) >= 11 is 3.42. The highest BCUT2D eigenvalue weighted by molar-refractivity contribution is 9.10. The maximum Gasteiger partial charge on any atom is 0.328 e. The maximum atomic E-state index is 13.1. The molecule has 0 spiro atoms. The van der Waals surface area contributed by atoms with E-state index in [0.29, 0.717) is 22.3 Å². The second-order valence-corrected chi connectivity index (χ2v) is 8.78. The summed E-state index contributed by atoms with van der Waals surface area (Å²) in [5, 5.41) is 6.11. The fraction of sp³-hybridized carbons (Fsp3) is 0.115. The Bertz CT molecular complexity index is 1400. The number of methoxy groups -OCH3 is 1. The van der Waals surface area contributed by atoms with Gasteiger partial charge in [0.1, 0.15) is 11.4 Å². The normalized spacial score (nSPS) is 10.6. The predicted octanol–water partition coefficient (Wildman–Crippen LogP) is 4.36. The van der Waals surface area contributed by atoms with Crippen molar-refractivity contribution in [1.29, 1.82) is 0 Å². The van der Waals surface area contributed by atoms with Gasteiger partial charge in [-0.05, 0) is 61.0 Å². The van der Waals surface area contributed by atoms with Crippen LogP contribution < -0.4 is 20.8 Å². The first-order chi connectivity index (χ1) is 16.8. The number of nitrogens with one attached hydrogen (secondary N) is 3. The van der Waals surface area contributed by atoms with Crippen LogP contribution >= 0.6 is 15.9 Å². The highest BCUT2D eigenvalue weighted by atomic mass is 79.9. The number of hydrogen-bond donors (Lipinski definition) is 3. The lowest BCUT2D eigenvalue weighted by Crippen LogP contribution is -2.39. The largest absolute Gasteiger partial charge is 0.497 e. The van der Waals surface area contributed by atoms with Crippen molar-refractivity contribution in [2.24, 2.45) is 0 Å². The Morgan fingerprint density at radius 3 is 2.31 bits per heavy atom. The van der Waals surface area contributed by atoms with Gasteiger partial charge < -0.3 is 15.4 Å². The SMILES string of the molecule is COc1ccc(NC(=O)c2cc3cc(Br)ccc3n2NC(=O)C(=O)NCc2ccc(C)cc2)cc1. The van der Waals surface area contributed by atoms with E-state index in [1.807, 2.05) is 37.3 Å². The molecule has 3 N–H and O–H groups in total. The molecule has 9 heteroatoms. The van der Waals surface area contributed by atoms with Crippen molar-refractivity contribution >= 4 is 50.2 Å². The lowest BCUT2D eigenvalue weighted by atomic mass is 10.1. The molecular formula is C26H23BrN4O4. The minimum atomic E-state index is -0.893. The average Bonchev–Trinajstić information content (AvgIpc) is 3.21. The summed E-state index contributed by atoms with van der Waals surface area (Å²) in [4.78, 5) is 38.3. The third-order valence-electron chi connectivity index (χ3n) is 5.34. The number of anilines is 1. The number of rotatable bonds is 6. The molecule has 0 fully saturated rings. The number of hydrogen-bond acceptors (Lipinski definition) is 4. The molecule has 1 aromatic heterocycles. The van der Waals surface area contributed by atoms with E-state index in [1.54, 1.807) is 49.6 Å². The Kier molecular flexibility index (Phi) is 7.17. The van der Waals surface area contributed by atoms with E-state index in [4.69, 9.17) is 4.74 Å². The Morgan fingerprint density at radius 2 is 1.63 bits per heavy atom. The summed E-state index contributed by atoms with van der Waals surface area (Å²) in [7, 11) is 1.56. The van der Waals surface area contributed by atoms with Crippen molar-refractivity contribution in [2.75, 3.05) is 17.9 Å². The molecule has 178 valence electrons. The van der Waals surface area contributed by atoms with Crippen molar-refractivity contribution < 1.29 is 19.1 Å². The Balaban J connectivity index is 1.54. The van der Waals surface area contributed by atoms with Crippen molar-refractivity contribution in [3.8, 4) is 5.75 Å². The molecule has 0 saturated heterocycles. The van der Waals surface area contributed by atoms with Crippen molar-refractivity contribution in [3.63, 3.8) is 0 Å². The number of benzene rings is 3. The summed E-state index contributed by atoms with van der Waals surface area (Å²) in [6, 6.07) is 21.5. The van der Waals surface area contributed by atoms with E-state index in [0.717, 1.165) is 15.6 Å². The number of fused-ring (bicyclic) bond motifs is 1. The molecule has 4 rings (SSSR count). The van der Waals surface area contributed by atoms with E-state index >= 15 is 0 Å². The highest BCUT2D eigenvalue weighted by Gasteiger charge is 2.21. The van der Waals surface area contributed by atoms with Gasteiger partial charge in [0.25, 0.3) is 5.91 Å². The fourth-order valence-electron chi connectivity index (χ4n) is 3.46. The molecule has 0 unspecified atom stereocenters.